The molecular formula is C16H23F5O2Si. The molecule has 1 aromatic carbocycles. The van der Waals surface area contributed by atoms with E-state index in [9.17, 15) is 26.7 Å². The van der Waals surface area contributed by atoms with E-state index in [4.69, 9.17) is 4.74 Å². The molecular weight excluding hydrogens is 347 g/mol. The van der Waals surface area contributed by atoms with Gasteiger partial charge in [0.05, 0.1) is 6.61 Å². The van der Waals surface area contributed by atoms with Gasteiger partial charge in [-0.3, -0.25) is 0 Å². The van der Waals surface area contributed by atoms with E-state index in [1.54, 1.807) is 0 Å². The number of hydrogen-bond acceptors (Lipinski definition) is 2. The highest BCUT2D eigenvalue weighted by molar-refractivity contribution is 6.75. The van der Waals surface area contributed by atoms with Gasteiger partial charge in [-0.05, 0) is 23.5 Å². The summed E-state index contributed by atoms with van der Waals surface area (Å²) in [6, 6.07) is 0.586. The van der Waals surface area contributed by atoms with Crippen LogP contribution in [-0.2, 0) is 0 Å². The topological polar surface area (TPSA) is 29.5 Å². The van der Waals surface area contributed by atoms with Crippen molar-refractivity contribution in [2.45, 2.75) is 57.7 Å². The first kappa shape index (κ1) is 20.9. The number of unbranched alkanes of at least 4 members (excludes halogenated alkanes) is 1. The molecule has 0 amide bonds. The van der Waals surface area contributed by atoms with Crippen LogP contribution in [0.5, 0.6) is 5.75 Å². The van der Waals surface area contributed by atoms with Crippen LogP contribution in [0.25, 0.3) is 0 Å². The summed E-state index contributed by atoms with van der Waals surface area (Å²) in [6.07, 6.45) is 0.892. The third-order valence-corrected chi connectivity index (χ3v) is 9.54. The minimum absolute atomic E-state index is 0.161. The minimum atomic E-state index is -2.45. The maximum absolute atomic E-state index is 13.4. The molecule has 0 aliphatic carbocycles. The lowest BCUT2D eigenvalue weighted by Gasteiger charge is -2.33. The van der Waals surface area contributed by atoms with Crippen molar-refractivity contribution < 1.29 is 31.5 Å². The van der Waals surface area contributed by atoms with Crippen LogP contribution in [0.1, 0.15) is 40.5 Å². The van der Waals surface area contributed by atoms with Crippen LogP contribution < -0.4 is 4.74 Å². The van der Waals surface area contributed by atoms with Crippen LogP contribution in [-0.4, -0.2) is 19.7 Å². The van der Waals surface area contributed by atoms with Crippen molar-refractivity contribution in [3.63, 3.8) is 0 Å². The molecule has 0 saturated heterocycles. The normalized spacial score (nSPS) is 12.3. The fraction of sp³-hybridized carbons (Fsp3) is 0.625. The van der Waals surface area contributed by atoms with Crippen molar-refractivity contribution >= 4 is 8.32 Å². The van der Waals surface area contributed by atoms with Crippen LogP contribution in [0, 0.1) is 29.1 Å². The second-order valence-corrected chi connectivity index (χ2v) is 11.3. The predicted octanol–water partition coefficient (Wildman–Crippen LogP) is 5.30. The zero-order valence-corrected chi connectivity index (χ0v) is 15.2. The Morgan fingerprint density at radius 2 is 1.21 bits per heavy atom. The molecule has 24 heavy (non-hydrogen) atoms. The Hall–Kier alpha value is -1.15. The second-order valence-electron chi connectivity index (χ2n) is 6.51. The average molecular weight is 370 g/mol. The monoisotopic (exact) mass is 370 g/mol. The van der Waals surface area contributed by atoms with Crippen molar-refractivity contribution in [2.24, 2.45) is 0 Å². The van der Waals surface area contributed by atoms with E-state index in [0.717, 1.165) is 0 Å². The second kappa shape index (κ2) is 8.29. The summed E-state index contributed by atoms with van der Waals surface area (Å²) in [5.41, 5.74) is 0.321. The summed E-state index contributed by atoms with van der Waals surface area (Å²) >= 11 is 0. The highest BCUT2D eigenvalue weighted by Crippen LogP contribution is 2.35. The Labute approximate surface area is 139 Å². The summed E-state index contributed by atoms with van der Waals surface area (Å²) in [5.74, 6) is -11.5. The van der Waals surface area contributed by atoms with E-state index in [-0.39, 0.29) is 17.7 Å². The van der Waals surface area contributed by atoms with Crippen molar-refractivity contribution in [3.8, 4) is 5.75 Å². The molecule has 138 valence electrons. The number of halogens is 5. The van der Waals surface area contributed by atoms with Gasteiger partial charge >= 0.3 is 0 Å². The van der Waals surface area contributed by atoms with Crippen LogP contribution in [0.3, 0.4) is 0 Å². The van der Waals surface area contributed by atoms with Crippen LogP contribution >= 0.6 is 0 Å². The summed E-state index contributed by atoms with van der Waals surface area (Å²) in [5, 5.41) is 0. The third-order valence-electron chi connectivity index (χ3n) is 4.39. The lowest BCUT2D eigenvalue weighted by Crippen LogP contribution is -2.41. The highest BCUT2D eigenvalue weighted by Gasteiger charge is 2.37. The Kier molecular flexibility index (Phi) is 7.21. The molecule has 0 aliphatic rings. The van der Waals surface area contributed by atoms with E-state index < -0.39 is 43.2 Å². The van der Waals surface area contributed by atoms with Gasteiger partial charge in [0.1, 0.15) is 0 Å². The SMILES string of the molecule is CC(C)[Si](O)(CCCCOc1c(F)c(F)c(F)c(F)c1F)C(C)C. The maximum atomic E-state index is 13.4. The zero-order valence-electron chi connectivity index (χ0n) is 14.2. The van der Waals surface area contributed by atoms with Crippen molar-refractivity contribution in [1.29, 1.82) is 0 Å². The molecule has 2 nitrogen and oxygen atoms in total. The Morgan fingerprint density at radius 3 is 1.62 bits per heavy atom. The van der Waals surface area contributed by atoms with Gasteiger partial charge in [0.2, 0.25) is 29.1 Å². The van der Waals surface area contributed by atoms with Gasteiger partial charge in [0.25, 0.3) is 0 Å². The molecule has 1 rings (SSSR count). The van der Waals surface area contributed by atoms with Gasteiger partial charge in [0.15, 0.2) is 14.1 Å². The van der Waals surface area contributed by atoms with E-state index in [1.807, 2.05) is 27.7 Å². The largest absolute Gasteiger partial charge is 0.487 e. The zero-order chi connectivity index (χ0) is 18.7. The smallest absolute Gasteiger partial charge is 0.206 e. The molecule has 1 N–H and O–H groups in total. The van der Waals surface area contributed by atoms with E-state index in [1.165, 1.54) is 0 Å². The maximum Gasteiger partial charge on any atom is 0.206 e. The van der Waals surface area contributed by atoms with Gasteiger partial charge in [-0.2, -0.15) is 8.78 Å². The third kappa shape index (κ3) is 4.27. The first-order chi connectivity index (χ1) is 11.0. The number of rotatable bonds is 8. The van der Waals surface area contributed by atoms with Gasteiger partial charge < -0.3 is 9.53 Å². The Bertz CT molecular complexity index is 541. The highest BCUT2D eigenvalue weighted by atomic mass is 28.4. The number of ether oxygens (including phenoxy) is 1. The first-order valence-corrected chi connectivity index (χ1v) is 10.2. The summed E-state index contributed by atoms with van der Waals surface area (Å²) in [4.78, 5) is 10.7. The van der Waals surface area contributed by atoms with Crippen LogP contribution in [0.2, 0.25) is 17.1 Å². The van der Waals surface area contributed by atoms with Crippen molar-refractivity contribution in [2.75, 3.05) is 6.61 Å². The molecule has 0 aliphatic heterocycles. The fourth-order valence-electron chi connectivity index (χ4n) is 2.64. The number of hydrogen-bond donors (Lipinski definition) is 1. The van der Waals surface area contributed by atoms with E-state index in [0.29, 0.717) is 18.9 Å². The molecule has 8 heteroatoms. The quantitative estimate of drug-likeness (QED) is 0.221. The molecule has 1 aromatic rings. The molecule has 0 atom stereocenters. The summed E-state index contributed by atoms with van der Waals surface area (Å²) in [7, 11) is -2.45. The lowest BCUT2D eigenvalue weighted by molar-refractivity contribution is 0.257. The fourth-order valence-corrected chi connectivity index (χ4v) is 5.94. The lowest BCUT2D eigenvalue weighted by atomic mass is 10.2. The summed E-state index contributed by atoms with van der Waals surface area (Å²) < 4.78 is 70.6. The molecule has 0 unspecified atom stereocenters. The van der Waals surface area contributed by atoms with E-state index >= 15 is 0 Å². The van der Waals surface area contributed by atoms with Crippen molar-refractivity contribution in [3.05, 3.63) is 29.1 Å². The van der Waals surface area contributed by atoms with Crippen LogP contribution in [0.4, 0.5) is 22.0 Å². The Balaban J connectivity index is 2.64. The molecule has 0 heterocycles. The molecule has 0 fully saturated rings. The average Bonchev–Trinajstić information content (AvgIpc) is 2.52. The van der Waals surface area contributed by atoms with Gasteiger partial charge in [-0.15, -0.1) is 0 Å². The van der Waals surface area contributed by atoms with Gasteiger partial charge in [-0.1, -0.05) is 34.1 Å². The minimum Gasteiger partial charge on any atom is -0.487 e. The standard InChI is InChI=1S/C16H23F5O2Si/c1-9(2)24(22,10(3)4)8-6-5-7-23-16-14(20)12(18)11(17)13(19)15(16)21/h9-10,22H,5-8H2,1-4H3. The molecule has 0 saturated carbocycles. The Morgan fingerprint density at radius 1 is 0.792 bits per heavy atom. The van der Waals surface area contributed by atoms with E-state index in [2.05, 4.69) is 0 Å². The molecule has 0 radical (unpaired) electrons. The molecule has 0 bridgehead atoms. The van der Waals surface area contributed by atoms with Crippen LogP contribution in [0.15, 0.2) is 0 Å². The summed E-state index contributed by atoms with van der Waals surface area (Å²) in [6.45, 7) is 7.63. The van der Waals surface area contributed by atoms with Crippen molar-refractivity contribution in [1.82, 2.24) is 0 Å². The number of benzene rings is 1. The van der Waals surface area contributed by atoms with Gasteiger partial charge in [0, 0.05) is 0 Å². The first-order valence-electron chi connectivity index (χ1n) is 7.90. The predicted molar refractivity (Wildman–Crippen MR) is 83.9 cm³/mol. The molecule has 0 aromatic heterocycles. The van der Waals surface area contributed by atoms with Gasteiger partial charge in [-0.25, -0.2) is 13.2 Å². The molecule has 0 spiro atoms.